The maximum absolute atomic E-state index is 13.1. The van der Waals surface area contributed by atoms with E-state index in [1.54, 1.807) is 41.0 Å². The second-order valence-corrected chi connectivity index (χ2v) is 7.71. The number of pyridine rings is 1. The minimum atomic E-state index is -0.414. The molecular weight excluding hydrogens is 412 g/mol. The fraction of sp³-hybridized carbons (Fsp3) is 0.0800. The Hall–Kier alpha value is -3.70. The van der Waals surface area contributed by atoms with Gasteiger partial charge in [-0.05, 0) is 37.3 Å². The highest BCUT2D eigenvalue weighted by Crippen LogP contribution is 2.19. The fourth-order valence-electron chi connectivity index (χ4n) is 3.40. The fourth-order valence-corrected chi connectivity index (χ4v) is 3.57. The summed E-state index contributed by atoms with van der Waals surface area (Å²) >= 11 is 6.11. The first-order valence-corrected chi connectivity index (χ1v) is 10.1. The van der Waals surface area contributed by atoms with Crippen LogP contribution in [0.5, 0.6) is 0 Å². The minimum Gasteiger partial charge on any atom is -0.337 e. The Morgan fingerprint density at radius 3 is 2.39 bits per heavy atom. The van der Waals surface area contributed by atoms with E-state index in [-0.39, 0.29) is 23.4 Å². The molecule has 1 amide bonds. The number of carbonyl (C=O) groups excluding carboxylic acids is 2. The van der Waals surface area contributed by atoms with Crippen molar-refractivity contribution in [3.8, 4) is 0 Å². The first kappa shape index (κ1) is 20.6. The average molecular weight is 431 g/mol. The zero-order chi connectivity index (χ0) is 22.0. The van der Waals surface area contributed by atoms with E-state index >= 15 is 0 Å². The molecule has 0 aliphatic rings. The summed E-state index contributed by atoms with van der Waals surface area (Å²) in [6.45, 7) is 1.85. The van der Waals surface area contributed by atoms with Crippen molar-refractivity contribution in [1.29, 1.82) is 0 Å². The van der Waals surface area contributed by atoms with Crippen LogP contribution in [0.15, 0.2) is 83.8 Å². The lowest BCUT2D eigenvalue weighted by atomic mass is 10.0. The third-order valence-corrected chi connectivity index (χ3v) is 5.21. The van der Waals surface area contributed by atoms with Crippen LogP contribution in [0.25, 0.3) is 10.9 Å². The van der Waals surface area contributed by atoms with E-state index < -0.39 is 11.2 Å². The van der Waals surface area contributed by atoms with E-state index in [0.717, 1.165) is 5.56 Å². The summed E-state index contributed by atoms with van der Waals surface area (Å²) in [5.74, 6) is -0.677. The lowest BCUT2D eigenvalue weighted by Gasteiger charge is -2.14. The van der Waals surface area contributed by atoms with Crippen LogP contribution in [0.3, 0.4) is 0 Å². The first-order valence-electron chi connectivity index (χ1n) is 9.71. The van der Waals surface area contributed by atoms with Gasteiger partial charge >= 0.3 is 0 Å². The number of amides is 1. The highest BCUT2D eigenvalue weighted by Gasteiger charge is 2.18. The molecule has 154 valence electrons. The highest BCUT2D eigenvalue weighted by atomic mass is 35.5. The Balaban J connectivity index is 1.78. The number of benzene rings is 3. The number of aryl methyl sites for hydroxylation is 1. The summed E-state index contributed by atoms with van der Waals surface area (Å²) < 4.78 is 1.60. The van der Waals surface area contributed by atoms with Crippen LogP contribution < -0.4 is 10.7 Å². The Morgan fingerprint density at radius 1 is 0.968 bits per heavy atom. The van der Waals surface area contributed by atoms with Crippen LogP contribution in [0.4, 0.5) is 5.69 Å². The molecule has 0 saturated carbocycles. The third kappa shape index (κ3) is 4.42. The van der Waals surface area contributed by atoms with Gasteiger partial charge in [-0.25, -0.2) is 0 Å². The quantitative estimate of drug-likeness (QED) is 0.461. The van der Waals surface area contributed by atoms with Gasteiger partial charge in [-0.15, -0.1) is 0 Å². The lowest BCUT2D eigenvalue weighted by Crippen LogP contribution is -2.24. The van der Waals surface area contributed by atoms with Crippen LogP contribution in [0.2, 0.25) is 5.02 Å². The zero-order valence-electron chi connectivity index (χ0n) is 16.8. The van der Waals surface area contributed by atoms with E-state index in [9.17, 15) is 14.4 Å². The SMILES string of the molecule is Cc1ccc(C(=O)c2cn(CC(=O)Nc3ccccc3)c3ccc(Cl)cc3c2=O)cc1. The predicted molar refractivity (Wildman–Crippen MR) is 123 cm³/mol. The summed E-state index contributed by atoms with van der Waals surface area (Å²) in [7, 11) is 0. The van der Waals surface area contributed by atoms with Crippen molar-refractivity contribution >= 4 is 39.9 Å². The Labute approximate surface area is 183 Å². The van der Waals surface area contributed by atoms with Gasteiger partial charge in [-0.2, -0.15) is 0 Å². The van der Waals surface area contributed by atoms with Crippen LogP contribution in [-0.2, 0) is 11.3 Å². The van der Waals surface area contributed by atoms with Crippen LogP contribution in [0.1, 0.15) is 21.5 Å². The van der Waals surface area contributed by atoms with Gasteiger partial charge in [0.05, 0.1) is 11.1 Å². The Kier molecular flexibility index (Phi) is 5.69. The number of anilines is 1. The number of rotatable bonds is 5. The first-order chi connectivity index (χ1) is 14.9. The van der Waals surface area contributed by atoms with E-state index in [4.69, 9.17) is 11.6 Å². The van der Waals surface area contributed by atoms with Crippen LogP contribution >= 0.6 is 11.6 Å². The largest absolute Gasteiger partial charge is 0.337 e. The van der Waals surface area contributed by atoms with E-state index in [1.165, 1.54) is 12.3 Å². The number of halogens is 1. The number of fused-ring (bicyclic) bond motifs is 1. The molecule has 0 aliphatic carbocycles. The van der Waals surface area contributed by atoms with E-state index in [0.29, 0.717) is 21.8 Å². The number of hydrogen-bond donors (Lipinski definition) is 1. The number of hydrogen-bond acceptors (Lipinski definition) is 3. The summed E-state index contributed by atoms with van der Waals surface area (Å²) in [5, 5.41) is 3.49. The molecule has 0 atom stereocenters. The molecule has 0 unspecified atom stereocenters. The molecule has 0 fully saturated rings. The Bertz CT molecular complexity index is 1340. The maximum Gasteiger partial charge on any atom is 0.244 e. The molecule has 1 N–H and O–H groups in total. The van der Waals surface area contributed by atoms with Crippen molar-refractivity contribution in [2.45, 2.75) is 13.5 Å². The molecule has 31 heavy (non-hydrogen) atoms. The number of para-hydroxylation sites is 1. The molecule has 0 saturated heterocycles. The molecule has 1 aromatic heterocycles. The van der Waals surface area contributed by atoms with Gasteiger partial charge in [0.1, 0.15) is 6.54 Å². The Morgan fingerprint density at radius 2 is 1.68 bits per heavy atom. The molecule has 6 heteroatoms. The lowest BCUT2D eigenvalue weighted by molar-refractivity contribution is -0.116. The van der Waals surface area contributed by atoms with Crippen LogP contribution in [0, 0.1) is 6.92 Å². The number of carbonyl (C=O) groups is 2. The molecule has 0 radical (unpaired) electrons. The normalized spacial score (nSPS) is 10.8. The van der Waals surface area contributed by atoms with E-state index in [1.807, 2.05) is 37.3 Å². The second kappa shape index (κ2) is 8.58. The predicted octanol–water partition coefficient (Wildman–Crippen LogP) is 4.83. The summed E-state index contributed by atoms with van der Waals surface area (Å²) in [4.78, 5) is 38.8. The molecule has 1 heterocycles. The van der Waals surface area contributed by atoms with Gasteiger partial charge < -0.3 is 9.88 Å². The molecule has 0 spiro atoms. The van der Waals surface area contributed by atoms with Crippen molar-refractivity contribution in [3.05, 3.63) is 111 Å². The standard InChI is InChI=1S/C25H19ClN2O3/c1-16-7-9-17(10-8-16)24(30)21-14-28(15-23(29)27-19-5-3-2-4-6-19)22-12-11-18(26)13-20(22)25(21)31/h2-14H,15H2,1H3,(H,27,29). The zero-order valence-corrected chi connectivity index (χ0v) is 17.5. The number of nitrogens with zero attached hydrogens (tertiary/aromatic N) is 1. The highest BCUT2D eigenvalue weighted by molar-refractivity contribution is 6.31. The van der Waals surface area contributed by atoms with E-state index in [2.05, 4.69) is 5.32 Å². The van der Waals surface area contributed by atoms with Gasteiger partial charge in [0.15, 0.2) is 5.78 Å². The smallest absolute Gasteiger partial charge is 0.244 e. The molecule has 3 aromatic carbocycles. The second-order valence-electron chi connectivity index (χ2n) is 7.27. The molecule has 0 aliphatic heterocycles. The maximum atomic E-state index is 13.1. The molecule has 5 nitrogen and oxygen atoms in total. The van der Waals surface area contributed by atoms with Gasteiger partial charge in [0, 0.05) is 27.9 Å². The van der Waals surface area contributed by atoms with Gasteiger partial charge in [-0.1, -0.05) is 59.6 Å². The minimum absolute atomic E-state index is 0.00821. The van der Waals surface area contributed by atoms with Crippen molar-refractivity contribution in [3.63, 3.8) is 0 Å². The van der Waals surface area contributed by atoms with Crippen molar-refractivity contribution in [2.24, 2.45) is 0 Å². The van der Waals surface area contributed by atoms with Crippen molar-refractivity contribution in [1.82, 2.24) is 4.57 Å². The van der Waals surface area contributed by atoms with Crippen molar-refractivity contribution < 1.29 is 9.59 Å². The third-order valence-electron chi connectivity index (χ3n) is 4.97. The summed E-state index contributed by atoms with van der Waals surface area (Å²) in [6.07, 6.45) is 1.45. The van der Waals surface area contributed by atoms with Gasteiger partial charge in [0.2, 0.25) is 11.3 Å². The monoisotopic (exact) mass is 430 g/mol. The summed E-state index contributed by atoms with van der Waals surface area (Å²) in [5.41, 5.74) is 2.19. The number of aromatic nitrogens is 1. The molecule has 0 bridgehead atoms. The molecular formula is C25H19ClN2O3. The van der Waals surface area contributed by atoms with Gasteiger partial charge in [0.25, 0.3) is 0 Å². The molecule has 4 rings (SSSR count). The van der Waals surface area contributed by atoms with Crippen LogP contribution in [-0.4, -0.2) is 16.3 Å². The topological polar surface area (TPSA) is 68.2 Å². The number of ketones is 1. The average Bonchev–Trinajstić information content (AvgIpc) is 2.76. The van der Waals surface area contributed by atoms with Gasteiger partial charge in [-0.3, -0.25) is 14.4 Å². The summed E-state index contributed by atoms with van der Waals surface area (Å²) in [6, 6.07) is 20.9. The molecule has 4 aromatic rings. The van der Waals surface area contributed by atoms with Crippen molar-refractivity contribution in [2.75, 3.05) is 5.32 Å². The number of nitrogens with one attached hydrogen (secondary N) is 1.